The monoisotopic (exact) mass is 315 g/mol. The first-order chi connectivity index (χ1) is 10.7. The van der Waals surface area contributed by atoms with E-state index in [-0.39, 0.29) is 18.1 Å². The summed E-state index contributed by atoms with van der Waals surface area (Å²) >= 11 is 1.71. The molecule has 1 aliphatic rings. The molecule has 0 spiro atoms. The Bertz CT molecular complexity index is 617. The number of carbonyl (C=O) groups is 1. The second-order valence-electron chi connectivity index (χ2n) is 5.72. The van der Waals surface area contributed by atoms with E-state index in [1.807, 2.05) is 18.2 Å². The molecule has 4 heteroatoms. The first-order valence-corrected chi connectivity index (χ1v) is 8.62. The standard InChI is InChI=1S/C18H21NO2S/c1-13-9-11-22-17(13)15(12-14-6-3-2-4-7-14)19-18(20)16-8-5-10-21-16/h2-4,6-7,9,11,15-16H,5,8,10,12H2,1H3,(H,19,20). The summed E-state index contributed by atoms with van der Waals surface area (Å²) in [6.07, 6.45) is 2.33. The van der Waals surface area contributed by atoms with E-state index < -0.39 is 0 Å². The van der Waals surface area contributed by atoms with Crippen LogP contribution in [-0.4, -0.2) is 18.6 Å². The Labute approximate surface area is 135 Å². The van der Waals surface area contributed by atoms with Crippen LogP contribution >= 0.6 is 11.3 Å². The van der Waals surface area contributed by atoms with Crippen molar-refractivity contribution in [1.82, 2.24) is 5.32 Å². The predicted octanol–water partition coefficient (Wildman–Crippen LogP) is 3.64. The summed E-state index contributed by atoms with van der Waals surface area (Å²) in [6.45, 7) is 2.79. The maximum Gasteiger partial charge on any atom is 0.249 e. The molecule has 22 heavy (non-hydrogen) atoms. The summed E-state index contributed by atoms with van der Waals surface area (Å²) in [6, 6.07) is 12.4. The van der Waals surface area contributed by atoms with Crippen LogP contribution in [0.15, 0.2) is 41.8 Å². The Morgan fingerprint density at radius 3 is 2.82 bits per heavy atom. The summed E-state index contributed by atoms with van der Waals surface area (Å²) < 4.78 is 5.50. The molecular weight excluding hydrogens is 294 g/mol. The van der Waals surface area contributed by atoms with Crippen molar-refractivity contribution in [3.05, 3.63) is 57.8 Å². The third-order valence-corrected chi connectivity index (χ3v) is 5.17. The number of amides is 1. The summed E-state index contributed by atoms with van der Waals surface area (Å²) in [7, 11) is 0. The quantitative estimate of drug-likeness (QED) is 0.915. The van der Waals surface area contributed by atoms with Gasteiger partial charge in [-0.3, -0.25) is 4.79 Å². The van der Waals surface area contributed by atoms with Crippen molar-refractivity contribution in [2.75, 3.05) is 6.61 Å². The van der Waals surface area contributed by atoms with Crippen LogP contribution < -0.4 is 5.32 Å². The minimum atomic E-state index is -0.279. The lowest BCUT2D eigenvalue weighted by Gasteiger charge is -2.21. The molecule has 1 amide bonds. The Hall–Kier alpha value is -1.65. The van der Waals surface area contributed by atoms with Crippen molar-refractivity contribution < 1.29 is 9.53 Å². The summed E-state index contributed by atoms with van der Waals surface area (Å²) in [5.41, 5.74) is 2.46. The van der Waals surface area contributed by atoms with Crippen LogP contribution in [0, 0.1) is 6.92 Å². The van der Waals surface area contributed by atoms with Gasteiger partial charge in [-0.05, 0) is 48.8 Å². The van der Waals surface area contributed by atoms with Gasteiger partial charge in [-0.2, -0.15) is 0 Å². The van der Waals surface area contributed by atoms with Crippen LogP contribution in [0.25, 0.3) is 0 Å². The van der Waals surface area contributed by atoms with E-state index in [2.05, 4.69) is 35.8 Å². The topological polar surface area (TPSA) is 38.3 Å². The molecule has 1 saturated heterocycles. The molecule has 2 atom stereocenters. The molecule has 1 N–H and O–H groups in total. The van der Waals surface area contributed by atoms with Gasteiger partial charge in [0.1, 0.15) is 6.10 Å². The first kappa shape index (κ1) is 15.3. The molecule has 0 saturated carbocycles. The van der Waals surface area contributed by atoms with E-state index in [0.717, 1.165) is 19.3 Å². The van der Waals surface area contributed by atoms with Crippen molar-refractivity contribution >= 4 is 17.2 Å². The molecule has 1 fully saturated rings. The van der Waals surface area contributed by atoms with E-state index in [0.29, 0.717) is 6.61 Å². The van der Waals surface area contributed by atoms with E-state index in [1.54, 1.807) is 11.3 Å². The fourth-order valence-corrected chi connectivity index (χ4v) is 3.83. The van der Waals surface area contributed by atoms with Gasteiger partial charge in [-0.25, -0.2) is 0 Å². The Morgan fingerprint density at radius 2 is 2.18 bits per heavy atom. The molecule has 3 rings (SSSR count). The molecule has 2 aromatic rings. The second kappa shape index (κ2) is 7.07. The number of aryl methyl sites for hydroxylation is 1. The fourth-order valence-electron chi connectivity index (χ4n) is 2.85. The minimum absolute atomic E-state index is 0.0131. The maximum atomic E-state index is 12.4. The van der Waals surface area contributed by atoms with E-state index in [4.69, 9.17) is 4.74 Å². The highest BCUT2D eigenvalue weighted by Crippen LogP contribution is 2.27. The highest BCUT2D eigenvalue weighted by molar-refractivity contribution is 7.10. The van der Waals surface area contributed by atoms with Crippen molar-refractivity contribution in [2.45, 2.75) is 38.3 Å². The first-order valence-electron chi connectivity index (χ1n) is 7.74. The lowest BCUT2D eigenvalue weighted by atomic mass is 10.0. The SMILES string of the molecule is Cc1ccsc1C(Cc1ccccc1)NC(=O)C1CCCO1. The molecule has 116 valence electrons. The number of thiophene rings is 1. The van der Waals surface area contributed by atoms with E-state index in [1.165, 1.54) is 16.0 Å². The van der Waals surface area contributed by atoms with Gasteiger partial charge in [0.25, 0.3) is 0 Å². The summed E-state index contributed by atoms with van der Waals surface area (Å²) in [5.74, 6) is 0.0197. The normalized spacial score (nSPS) is 19.0. The van der Waals surface area contributed by atoms with Gasteiger partial charge in [-0.15, -0.1) is 11.3 Å². The van der Waals surface area contributed by atoms with Gasteiger partial charge in [-0.1, -0.05) is 30.3 Å². The molecule has 1 aromatic heterocycles. The van der Waals surface area contributed by atoms with E-state index >= 15 is 0 Å². The van der Waals surface area contributed by atoms with Crippen LogP contribution in [0.4, 0.5) is 0 Å². The molecule has 2 heterocycles. The molecule has 0 bridgehead atoms. The highest BCUT2D eigenvalue weighted by atomic mass is 32.1. The third kappa shape index (κ3) is 3.57. The average molecular weight is 315 g/mol. The van der Waals surface area contributed by atoms with E-state index in [9.17, 15) is 4.79 Å². The molecular formula is C18H21NO2S. The summed E-state index contributed by atoms with van der Waals surface area (Å²) in [4.78, 5) is 13.7. The number of ether oxygens (including phenoxy) is 1. The number of benzene rings is 1. The molecule has 1 aromatic carbocycles. The largest absolute Gasteiger partial charge is 0.368 e. The number of rotatable bonds is 5. The maximum absolute atomic E-state index is 12.4. The zero-order valence-electron chi connectivity index (χ0n) is 12.7. The van der Waals surface area contributed by atoms with Gasteiger partial charge in [0.2, 0.25) is 5.91 Å². The van der Waals surface area contributed by atoms with Crippen molar-refractivity contribution in [1.29, 1.82) is 0 Å². The molecule has 0 aliphatic carbocycles. The Kier molecular flexibility index (Phi) is 4.90. The number of nitrogens with one attached hydrogen (secondary N) is 1. The van der Waals surface area contributed by atoms with Gasteiger partial charge >= 0.3 is 0 Å². The average Bonchev–Trinajstić information content (AvgIpc) is 3.19. The van der Waals surface area contributed by atoms with Crippen molar-refractivity contribution in [3.63, 3.8) is 0 Å². The molecule has 2 unspecified atom stereocenters. The van der Waals surface area contributed by atoms with Gasteiger partial charge in [0, 0.05) is 11.5 Å². The third-order valence-electron chi connectivity index (χ3n) is 4.04. The minimum Gasteiger partial charge on any atom is -0.368 e. The number of hydrogen-bond acceptors (Lipinski definition) is 3. The van der Waals surface area contributed by atoms with Crippen LogP contribution in [0.5, 0.6) is 0 Å². The highest BCUT2D eigenvalue weighted by Gasteiger charge is 2.27. The Balaban J connectivity index is 1.77. The number of carbonyl (C=O) groups excluding carboxylic acids is 1. The van der Waals surface area contributed by atoms with Crippen LogP contribution in [0.2, 0.25) is 0 Å². The predicted molar refractivity (Wildman–Crippen MR) is 89.1 cm³/mol. The van der Waals surface area contributed by atoms with Gasteiger partial charge < -0.3 is 10.1 Å². The van der Waals surface area contributed by atoms with Crippen molar-refractivity contribution in [2.24, 2.45) is 0 Å². The number of hydrogen-bond donors (Lipinski definition) is 1. The van der Waals surface area contributed by atoms with Crippen LogP contribution in [-0.2, 0) is 16.0 Å². The Morgan fingerprint density at radius 1 is 1.36 bits per heavy atom. The lowest BCUT2D eigenvalue weighted by molar-refractivity contribution is -0.130. The molecule has 1 aliphatic heterocycles. The second-order valence-corrected chi connectivity index (χ2v) is 6.67. The zero-order chi connectivity index (χ0) is 15.4. The lowest BCUT2D eigenvalue weighted by Crippen LogP contribution is -2.37. The van der Waals surface area contributed by atoms with Gasteiger partial charge in [0.15, 0.2) is 0 Å². The zero-order valence-corrected chi connectivity index (χ0v) is 13.6. The fraction of sp³-hybridized carbons (Fsp3) is 0.389. The smallest absolute Gasteiger partial charge is 0.249 e. The van der Waals surface area contributed by atoms with Crippen LogP contribution in [0.1, 0.15) is 34.9 Å². The van der Waals surface area contributed by atoms with Crippen molar-refractivity contribution in [3.8, 4) is 0 Å². The summed E-state index contributed by atoms with van der Waals surface area (Å²) in [5, 5.41) is 5.28. The molecule has 0 radical (unpaired) electrons. The van der Waals surface area contributed by atoms with Gasteiger partial charge in [0.05, 0.1) is 6.04 Å². The molecule has 3 nitrogen and oxygen atoms in total. The van der Waals surface area contributed by atoms with Crippen LogP contribution in [0.3, 0.4) is 0 Å².